The normalized spacial score (nSPS) is 11.9. The Hall–Kier alpha value is -2.08. The molecule has 0 radical (unpaired) electrons. The van der Waals surface area contributed by atoms with Crippen molar-refractivity contribution in [2.75, 3.05) is 0 Å². The number of benzene rings is 1. The lowest BCUT2D eigenvalue weighted by Crippen LogP contribution is -2.31. The highest BCUT2D eigenvalue weighted by Gasteiger charge is 2.14. The summed E-state index contributed by atoms with van der Waals surface area (Å²) < 4.78 is 0. The van der Waals surface area contributed by atoms with Crippen LogP contribution in [0.5, 0.6) is 0 Å². The molecule has 0 bridgehead atoms. The molecule has 1 aromatic carbocycles. The van der Waals surface area contributed by atoms with Gasteiger partial charge in [0.15, 0.2) is 0 Å². The number of nitrogens with zero attached hydrogens (tertiary/aromatic N) is 1. The molecule has 1 aromatic heterocycles. The predicted octanol–water partition coefficient (Wildman–Crippen LogP) is 1.88. The molecule has 1 atom stereocenters. The monoisotopic (exact) mass is 303 g/mol. The van der Waals surface area contributed by atoms with Gasteiger partial charge in [0.05, 0.1) is 23.8 Å². The van der Waals surface area contributed by atoms with Crippen LogP contribution in [0.3, 0.4) is 0 Å². The number of aryl methyl sites for hydroxylation is 1. The molecule has 110 valence electrons. The minimum Gasteiger partial charge on any atom is -0.349 e. The van der Waals surface area contributed by atoms with Gasteiger partial charge >= 0.3 is 0 Å². The zero-order valence-corrected chi connectivity index (χ0v) is 12.7. The van der Waals surface area contributed by atoms with Gasteiger partial charge in [0.2, 0.25) is 5.91 Å². The molecule has 6 heteroatoms. The predicted molar refractivity (Wildman–Crippen MR) is 83.2 cm³/mol. The molecule has 1 amide bonds. The number of carbonyl (C=O) groups is 1. The Balaban J connectivity index is 1.87. The van der Waals surface area contributed by atoms with E-state index in [1.807, 2.05) is 38.1 Å². The van der Waals surface area contributed by atoms with Crippen molar-refractivity contribution in [1.82, 2.24) is 15.3 Å². The molecule has 2 rings (SSSR count). The number of amides is 1. The van der Waals surface area contributed by atoms with Gasteiger partial charge in [-0.05, 0) is 26.0 Å². The summed E-state index contributed by atoms with van der Waals surface area (Å²) in [6, 6.07) is 9.42. The van der Waals surface area contributed by atoms with Gasteiger partial charge in [-0.3, -0.25) is 9.59 Å². The van der Waals surface area contributed by atoms with Gasteiger partial charge in [0.1, 0.15) is 0 Å². The minimum atomic E-state index is -0.226. The number of nitrogens with one attached hydrogen (secondary N) is 2. The maximum absolute atomic E-state index is 12.0. The Labute approximate surface area is 127 Å². The number of rotatable bonds is 5. The van der Waals surface area contributed by atoms with Crippen molar-refractivity contribution in [2.24, 2.45) is 0 Å². The van der Waals surface area contributed by atoms with Crippen LogP contribution in [0.2, 0.25) is 0 Å². The highest BCUT2D eigenvalue weighted by atomic mass is 32.2. The van der Waals surface area contributed by atoms with Crippen molar-refractivity contribution in [3.8, 4) is 0 Å². The molecule has 2 aromatic rings. The number of aromatic nitrogens is 2. The standard InChI is InChI=1S/C15H17N3O2S/c1-10-3-5-13(6-4-10)21-11(2)15(20)16-8-12-7-14(19)18-9-17-12/h3-7,9,11H,8H2,1-2H3,(H,16,20)(H,17,18,19). The first kappa shape index (κ1) is 15.3. The maximum Gasteiger partial charge on any atom is 0.250 e. The molecule has 2 N–H and O–H groups in total. The zero-order valence-electron chi connectivity index (χ0n) is 11.9. The van der Waals surface area contributed by atoms with Gasteiger partial charge in [-0.1, -0.05) is 17.7 Å². The fraction of sp³-hybridized carbons (Fsp3) is 0.267. The van der Waals surface area contributed by atoms with Crippen LogP contribution in [0.1, 0.15) is 18.2 Å². The van der Waals surface area contributed by atoms with Crippen LogP contribution in [0.25, 0.3) is 0 Å². The fourth-order valence-corrected chi connectivity index (χ4v) is 2.59. The van der Waals surface area contributed by atoms with Gasteiger partial charge < -0.3 is 10.3 Å². The molecule has 1 heterocycles. The van der Waals surface area contributed by atoms with Crippen LogP contribution in [0.15, 0.2) is 46.3 Å². The molecule has 0 saturated heterocycles. The second-order valence-electron chi connectivity index (χ2n) is 4.69. The van der Waals surface area contributed by atoms with E-state index in [-0.39, 0.29) is 23.3 Å². The van der Waals surface area contributed by atoms with Crippen LogP contribution < -0.4 is 10.9 Å². The first-order valence-electron chi connectivity index (χ1n) is 6.59. The Bertz CT molecular complexity index is 667. The highest BCUT2D eigenvalue weighted by Crippen LogP contribution is 2.23. The average Bonchev–Trinajstić information content (AvgIpc) is 2.47. The Morgan fingerprint density at radius 3 is 2.76 bits per heavy atom. The smallest absolute Gasteiger partial charge is 0.250 e. The van der Waals surface area contributed by atoms with Crippen LogP contribution in [0.4, 0.5) is 0 Å². The van der Waals surface area contributed by atoms with E-state index >= 15 is 0 Å². The summed E-state index contributed by atoms with van der Waals surface area (Å²) in [4.78, 5) is 30.6. The number of hydrogen-bond acceptors (Lipinski definition) is 4. The van der Waals surface area contributed by atoms with Crippen molar-refractivity contribution in [1.29, 1.82) is 0 Å². The zero-order chi connectivity index (χ0) is 15.2. The third kappa shape index (κ3) is 4.75. The largest absolute Gasteiger partial charge is 0.349 e. The summed E-state index contributed by atoms with van der Waals surface area (Å²) in [7, 11) is 0. The van der Waals surface area contributed by atoms with Crippen molar-refractivity contribution >= 4 is 17.7 Å². The number of thioether (sulfide) groups is 1. The fourth-order valence-electron chi connectivity index (χ4n) is 1.70. The van der Waals surface area contributed by atoms with Crippen molar-refractivity contribution in [3.05, 3.63) is 58.3 Å². The first-order chi connectivity index (χ1) is 10.0. The van der Waals surface area contributed by atoms with Crippen molar-refractivity contribution in [3.63, 3.8) is 0 Å². The Kier molecular flexibility index (Phi) is 5.16. The molecule has 0 spiro atoms. The van der Waals surface area contributed by atoms with E-state index in [9.17, 15) is 9.59 Å². The Morgan fingerprint density at radius 1 is 1.38 bits per heavy atom. The topological polar surface area (TPSA) is 74.8 Å². The number of H-pyrrole nitrogens is 1. The average molecular weight is 303 g/mol. The van der Waals surface area contributed by atoms with E-state index in [1.54, 1.807) is 0 Å². The van der Waals surface area contributed by atoms with Crippen LogP contribution in [-0.2, 0) is 11.3 Å². The molecule has 1 unspecified atom stereocenters. The second-order valence-corrected chi connectivity index (χ2v) is 6.11. The van der Waals surface area contributed by atoms with E-state index < -0.39 is 0 Å². The Morgan fingerprint density at radius 2 is 2.10 bits per heavy atom. The van der Waals surface area contributed by atoms with Crippen molar-refractivity contribution in [2.45, 2.75) is 30.5 Å². The number of carbonyl (C=O) groups excluding carboxylic acids is 1. The quantitative estimate of drug-likeness (QED) is 0.827. The van der Waals surface area contributed by atoms with Gasteiger partial charge in [-0.15, -0.1) is 11.8 Å². The van der Waals surface area contributed by atoms with E-state index in [0.29, 0.717) is 5.69 Å². The van der Waals surface area contributed by atoms with Crippen LogP contribution >= 0.6 is 11.8 Å². The maximum atomic E-state index is 12.0. The minimum absolute atomic E-state index is 0.0809. The summed E-state index contributed by atoms with van der Waals surface area (Å²) in [5.41, 5.74) is 1.51. The molecule has 0 aliphatic rings. The summed E-state index contributed by atoms with van der Waals surface area (Å²) in [6.45, 7) is 4.13. The van der Waals surface area contributed by atoms with E-state index in [4.69, 9.17) is 0 Å². The lowest BCUT2D eigenvalue weighted by molar-refractivity contribution is -0.120. The van der Waals surface area contributed by atoms with Gasteiger partial charge in [0, 0.05) is 11.0 Å². The third-order valence-electron chi connectivity index (χ3n) is 2.88. The molecular formula is C15H17N3O2S. The second kappa shape index (κ2) is 7.08. The first-order valence-corrected chi connectivity index (χ1v) is 7.47. The summed E-state index contributed by atoms with van der Waals surface area (Å²) in [5, 5.41) is 2.57. The molecular weight excluding hydrogens is 286 g/mol. The third-order valence-corrected chi connectivity index (χ3v) is 3.99. The number of aromatic amines is 1. The van der Waals surface area contributed by atoms with Gasteiger partial charge in [-0.25, -0.2) is 4.98 Å². The van der Waals surface area contributed by atoms with E-state index in [2.05, 4.69) is 15.3 Å². The SMILES string of the molecule is Cc1ccc(SC(C)C(=O)NCc2cc(=O)[nH]cn2)cc1. The van der Waals surface area contributed by atoms with Crippen molar-refractivity contribution < 1.29 is 4.79 Å². The lowest BCUT2D eigenvalue weighted by Gasteiger charge is -2.11. The van der Waals surface area contributed by atoms with Crippen LogP contribution in [-0.4, -0.2) is 21.1 Å². The molecule has 0 fully saturated rings. The van der Waals surface area contributed by atoms with Gasteiger partial charge in [0.25, 0.3) is 5.56 Å². The molecule has 5 nitrogen and oxygen atoms in total. The number of hydrogen-bond donors (Lipinski definition) is 2. The van der Waals surface area contributed by atoms with Gasteiger partial charge in [-0.2, -0.15) is 0 Å². The molecule has 0 aliphatic carbocycles. The van der Waals surface area contributed by atoms with E-state index in [0.717, 1.165) is 4.90 Å². The van der Waals surface area contributed by atoms with Crippen LogP contribution in [0, 0.1) is 6.92 Å². The van der Waals surface area contributed by atoms with E-state index in [1.165, 1.54) is 29.7 Å². The molecule has 0 aliphatic heterocycles. The summed E-state index contributed by atoms with van der Waals surface area (Å²) in [5.74, 6) is -0.0809. The highest BCUT2D eigenvalue weighted by molar-refractivity contribution is 8.00. The molecule has 21 heavy (non-hydrogen) atoms. The summed E-state index contributed by atoms with van der Waals surface area (Å²) >= 11 is 1.50. The summed E-state index contributed by atoms with van der Waals surface area (Å²) in [6.07, 6.45) is 1.33. The molecule has 0 saturated carbocycles. The lowest BCUT2D eigenvalue weighted by atomic mass is 10.2.